The molecule has 0 aromatic carbocycles. The molecule has 2 aliphatic heterocycles. The molecular formula is C12H18O11. The summed E-state index contributed by atoms with van der Waals surface area (Å²) in [5.41, 5.74) is 0. The van der Waals surface area contributed by atoms with Crippen molar-refractivity contribution in [2.24, 2.45) is 0 Å². The first-order valence-electron chi connectivity index (χ1n) is 6.72. The lowest BCUT2D eigenvalue weighted by molar-refractivity contribution is -0.291. The van der Waals surface area contributed by atoms with Crippen LogP contribution in [-0.4, -0.2) is 97.8 Å². The number of cyclic esters (lactones) is 1. The molecule has 7 N–H and O–H groups in total. The number of ether oxygens (including phenoxy) is 3. The summed E-state index contributed by atoms with van der Waals surface area (Å²) in [5.74, 6) is -2.79. The monoisotopic (exact) mass is 338 g/mol. The molecule has 0 spiro atoms. The quantitative estimate of drug-likeness (QED) is 0.241. The second-order valence-corrected chi connectivity index (χ2v) is 5.11. The number of carbonyl (C=O) groups is 1. The van der Waals surface area contributed by atoms with Crippen LogP contribution in [0.5, 0.6) is 0 Å². The van der Waals surface area contributed by atoms with Gasteiger partial charge in [-0.25, -0.2) is 4.79 Å². The zero-order chi connectivity index (χ0) is 17.3. The van der Waals surface area contributed by atoms with E-state index in [1.807, 2.05) is 0 Å². The zero-order valence-corrected chi connectivity index (χ0v) is 11.7. The topological polar surface area (TPSA) is 186 Å². The standard InChI is InChI=1S/C12H18O11/c13-1-3(15)9-8(19)10(11(20)22-9)23-12-7(18)6(17)5(16)4(2-14)21-12/h3-7,9,12-19H,1-2H2/t3-,4+,5-,6-,7+,9+,12?/m0/s1. The number of rotatable bonds is 5. The Morgan fingerprint density at radius 1 is 1.13 bits per heavy atom. The first-order valence-corrected chi connectivity index (χ1v) is 6.72. The van der Waals surface area contributed by atoms with Crippen molar-refractivity contribution in [1.29, 1.82) is 0 Å². The van der Waals surface area contributed by atoms with Crippen LogP contribution in [0.2, 0.25) is 0 Å². The molecule has 2 heterocycles. The highest BCUT2D eigenvalue weighted by molar-refractivity contribution is 5.89. The zero-order valence-electron chi connectivity index (χ0n) is 11.7. The fraction of sp³-hybridized carbons (Fsp3) is 0.750. The molecule has 0 amide bonds. The van der Waals surface area contributed by atoms with Gasteiger partial charge in [0.1, 0.15) is 30.5 Å². The van der Waals surface area contributed by atoms with Gasteiger partial charge in [0, 0.05) is 0 Å². The van der Waals surface area contributed by atoms with Crippen molar-refractivity contribution in [3.8, 4) is 0 Å². The van der Waals surface area contributed by atoms with Crippen molar-refractivity contribution in [2.75, 3.05) is 13.2 Å². The van der Waals surface area contributed by atoms with Gasteiger partial charge in [-0.1, -0.05) is 0 Å². The lowest BCUT2D eigenvalue weighted by Crippen LogP contribution is -2.59. The van der Waals surface area contributed by atoms with Gasteiger partial charge in [-0.3, -0.25) is 0 Å². The van der Waals surface area contributed by atoms with Crippen LogP contribution in [-0.2, 0) is 19.0 Å². The Balaban J connectivity index is 2.16. The number of aliphatic hydroxyl groups excluding tert-OH is 7. The van der Waals surface area contributed by atoms with Gasteiger partial charge in [0.25, 0.3) is 0 Å². The third-order valence-corrected chi connectivity index (χ3v) is 3.54. The van der Waals surface area contributed by atoms with E-state index in [-0.39, 0.29) is 0 Å². The smallest absolute Gasteiger partial charge is 0.378 e. The molecule has 23 heavy (non-hydrogen) atoms. The highest BCUT2D eigenvalue weighted by Gasteiger charge is 2.48. The molecule has 0 saturated carbocycles. The molecule has 132 valence electrons. The van der Waals surface area contributed by atoms with Gasteiger partial charge in [0.05, 0.1) is 13.2 Å². The number of aliphatic hydroxyl groups is 7. The van der Waals surface area contributed by atoms with Crippen molar-refractivity contribution >= 4 is 5.97 Å². The molecule has 7 atom stereocenters. The summed E-state index contributed by atoms with van der Waals surface area (Å²) in [6.45, 7) is -1.50. The van der Waals surface area contributed by atoms with Gasteiger partial charge in [0.15, 0.2) is 11.9 Å². The van der Waals surface area contributed by atoms with Crippen LogP contribution in [0.1, 0.15) is 0 Å². The van der Waals surface area contributed by atoms with Gasteiger partial charge < -0.3 is 50.0 Å². The lowest BCUT2D eigenvalue weighted by Gasteiger charge is -2.39. The molecule has 0 aromatic rings. The van der Waals surface area contributed by atoms with E-state index in [0.717, 1.165) is 0 Å². The third-order valence-electron chi connectivity index (χ3n) is 3.54. The van der Waals surface area contributed by atoms with Crippen LogP contribution in [0.25, 0.3) is 0 Å². The predicted molar refractivity (Wildman–Crippen MR) is 67.5 cm³/mol. The van der Waals surface area contributed by atoms with Crippen LogP contribution in [0, 0.1) is 0 Å². The van der Waals surface area contributed by atoms with Gasteiger partial charge in [-0.2, -0.15) is 0 Å². The van der Waals surface area contributed by atoms with Crippen LogP contribution >= 0.6 is 0 Å². The van der Waals surface area contributed by atoms with E-state index in [2.05, 4.69) is 4.74 Å². The van der Waals surface area contributed by atoms with Crippen LogP contribution in [0.15, 0.2) is 11.5 Å². The Kier molecular flexibility index (Phi) is 5.41. The van der Waals surface area contributed by atoms with Crippen molar-refractivity contribution < 1.29 is 54.8 Å². The van der Waals surface area contributed by atoms with Crippen molar-refractivity contribution in [2.45, 2.75) is 42.9 Å². The highest BCUT2D eigenvalue weighted by Crippen LogP contribution is 2.29. The molecule has 11 heteroatoms. The minimum absolute atomic E-state index is 0.702. The summed E-state index contributed by atoms with van der Waals surface area (Å²) >= 11 is 0. The Labute approximate surface area is 129 Å². The molecule has 1 saturated heterocycles. The van der Waals surface area contributed by atoms with Crippen molar-refractivity contribution in [3.63, 3.8) is 0 Å². The Morgan fingerprint density at radius 2 is 1.78 bits per heavy atom. The molecule has 1 unspecified atom stereocenters. The summed E-state index contributed by atoms with van der Waals surface area (Å²) < 4.78 is 14.6. The number of esters is 1. The largest absolute Gasteiger partial charge is 0.505 e. The fourth-order valence-corrected chi connectivity index (χ4v) is 2.20. The maximum absolute atomic E-state index is 11.6. The average molecular weight is 338 g/mol. The third kappa shape index (κ3) is 3.26. The molecule has 1 fully saturated rings. The van der Waals surface area contributed by atoms with Crippen LogP contribution < -0.4 is 0 Å². The number of hydrogen-bond acceptors (Lipinski definition) is 11. The van der Waals surface area contributed by atoms with E-state index in [1.54, 1.807) is 0 Å². The van der Waals surface area contributed by atoms with Crippen LogP contribution in [0.3, 0.4) is 0 Å². The number of hydrogen-bond donors (Lipinski definition) is 7. The van der Waals surface area contributed by atoms with E-state index in [9.17, 15) is 30.3 Å². The molecule has 0 aromatic heterocycles. The van der Waals surface area contributed by atoms with Crippen molar-refractivity contribution in [1.82, 2.24) is 0 Å². The minimum Gasteiger partial charge on any atom is -0.505 e. The van der Waals surface area contributed by atoms with Crippen molar-refractivity contribution in [3.05, 3.63) is 11.5 Å². The summed E-state index contributed by atoms with van der Waals surface area (Å²) in [4.78, 5) is 11.6. The average Bonchev–Trinajstić information content (AvgIpc) is 2.82. The van der Waals surface area contributed by atoms with E-state index < -0.39 is 73.6 Å². The second kappa shape index (κ2) is 6.97. The summed E-state index contributed by atoms with van der Waals surface area (Å²) in [6.07, 6.45) is -11.2. The first-order chi connectivity index (χ1) is 10.8. The molecule has 0 aliphatic carbocycles. The maximum Gasteiger partial charge on any atom is 0.378 e. The summed E-state index contributed by atoms with van der Waals surface area (Å²) in [6, 6.07) is 0. The lowest BCUT2D eigenvalue weighted by atomic mass is 9.99. The molecule has 0 bridgehead atoms. The molecule has 2 rings (SSSR count). The molecular weight excluding hydrogens is 320 g/mol. The Bertz CT molecular complexity index is 476. The molecule has 0 radical (unpaired) electrons. The van der Waals surface area contributed by atoms with E-state index in [0.29, 0.717) is 0 Å². The van der Waals surface area contributed by atoms with Gasteiger partial charge in [0.2, 0.25) is 12.0 Å². The van der Waals surface area contributed by atoms with Gasteiger partial charge >= 0.3 is 5.97 Å². The van der Waals surface area contributed by atoms with Crippen LogP contribution in [0.4, 0.5) is 0 Å². The molecule has 11 nitrogen and oxygen atoms in total. The minimum atomic E-state index is -1.79. The normalized spacial score (nSPS) is 39.3. The summed E-state index contributed by atoms with van der Waals surface area (Å²) in [5, 5.41) is 66.1. The highest BCUT2D eigenvalue weighted by atomic mass is 16.7. The molecule has 2 aliphatic rings. The SMILES string of the molecule is O=C1O[C@H]([C@@H](O)CO)C(O)=C1OC1O[C@H](CO)[C@H](O)[C@H](O)[C@H]1O. The summed E-state index contributed by atoms with van der Waals surface area (Å²) in [7, 11) is 0. The van der Waals surface area contributed by atoms with Gasteiger partial charge in [-0.15, -0.1) is 0 Å². The van der Waals surface area contributed by atoms with Gasteiger partial charge in [-0.05, 0) is 0 Å². The maximum atomic E-state index is 11.6. The second-order valence-electron chi connectivity index (χ2n) is 5.11. The Hall–Kier alpha value is -1.47. The number of carbonyl (C=O) groups excluding carboxylic acids is 1. The predicted octanol–water partition coefficient (Wildman–Crippen LogP) is -4.15. The first kappa shape index (κ1) is 17.9. The van der Waals surface area contributed by atoms with E-state index in [4.69, 9.17) is 19.7 Å². The van der Waals surface area contributed by atoms with E-state index >= 15 is 0 Å². The van der Waals surface area contributed by atoms with E-state index in [1.165, 1.54) is 0 Å². The Morgan fingerprint density at radius 3 is 2.35 bits per heavy atom. The fourth-order valence-electron chi connectivity index (χ4n) is 2.20.